The van der Waals surface area contributed by atoms with Gasteiger partial charge in [0.25, 0.3) is 0 Å². The van der Waals surface area contributed by atoms with E-state index in [4.69, 9.17) is 5.73 Å². The maximum atomic E-state index is 9.85. The second-order valence-electron chi connectivity index (χ2n) is 3.95. The minimum absolute atomic E-state index is 0.277. The van der Waals surface area contributed by atoms with Crippen LogP contribution in [0.25, 0.3) is 0 Å². The number of nitrogens with two attached hydrogens (primary N) is 1. The van der Waals surface area contributed by atoms with Crippen molar-refractivity contribution in [3.05, 3.63) is 33.8 Å². The maximum absolute atomic E-state index is 9.85. The number of benzene rings is 1. The largest absolute Gasteiger partial charge is 0.389 e. The third-order valence-corrected chi connectivity index (χ3v) is 2.82. The Morgan fingerprint density at radius 2 is 2.14 bits per heavy atom. The van der Waals surface area contributed by atoms with E-state index < -0.39 is 5.60 Å². The summed E-state index contributed by atoms with van der Waals surface area (Å²) in [6.45, 7) is 4.07. The molecule has 1 aromatic carbocycles. The molecule has 1 aromatic rings. The van der Waals surface area contributed by atoms with Gasteiger partial charge in [-0.3, -0.25) is 0 Å². The predicted octanol–water partition coefficient (Wildman–Crippen LogP) is 2.01. The Balaban J connectivity index is 2.91. The van der Waals surface area contributed by atoms with Crippen LogP contribution in [0.2, 0.25) is 0 Å². The quantitative estimate of drug-likeness (QED) is 0.871. The lowest BCUT2D eigenvalue weighted by atomic mass is 9.94. The smallest absolute Gasteiger partial charge is 0.0781 e. The molecule has 78 valence electrons. The Bertz CT molecular complexity index is 323. The summed E-state index contributed by atoms with van der Waals surface area (Å²) in [5.41, 5.74) is 6.98. The van der Waals surface area contributed by atoms with Crippen molar-refractivity contribution in [2.75, 3.05) is 6.54 Å². The van der Waals surface area contributed by atoms with E-state index in [2.05, 4.69) is 15.9 Å². The fourth-order valence-corrected chi connectivity index (χ4v) is 1.72. The molecule has 0 amide bonds. The molecule has 0 fully saturated rings. The van der Waals surface area contributed by atoms with E-state index in [1.807, 2.05) is 25.1 Å². The van der Waals surface area contributed by atoms with Gasteiger partial charge in [-0.15, -0.1) is 0 Å². The molecule has 0 bridgehead atoms. The Morgan fingerprint density at radius 3 is 2.71 bits per heavy atom. The molecule has 3 N–H and O–H groups in total. The van der Waals surface area contributed by atoms with Crippen LogP contribution in [0.1, 0.15) is 18.1 Å². The van der Waals surface area contributed by atoms with Gasteiger partial charge in [-0.25, -0.2) is 0 Å². The zero-order chi connectivity index (χ0) is 10.8. The van der Waals surface area contributed by atoms with Crippen molar-refractivity contribution in [3.63, 3.8) is 0 Å². The van der Waals surface area contributed by atoms with Crippen molar-refractivity contribution < 1.29 is 5.11 Å². The number of hydrogen-bond acceptors (Lipinski definition) is 2. The molecular weight excluding hydrogens is 242 g/mol. The lowest BCUT2D eigenvalue weighted by molar-refractivity contribution is 0.0695. The van der Waals surface area contributed by atoms with Gasteiger partial charge in [-0.2, -0.15) is 0 Å². The molecule has 0 aliphatic rings. The summed E-state index contributed by atoms with van der Waals surface area (Å²) in [5.74, 6) is 0. The molecule has 0 spiro atoms. The first-order valence-corrected chi connectivity index (χ1v) is 5.41. The van der Waals surface area contributed by atoms with Crippen molar-refractivity contribution in [1.29, 1.82) is 0 Å². The normalized spacial score (nSPS) is 15.2. The molecule has 2 nitrogen and oxygen atoms in total. The first kappa shape index (κ1) is 11.7. The first-order chi connectivity index (χ1) is 6.44. The highest BCUT2D eigenvalue weighted by Crippen LogP contribution is 2.20. The molecule has 0 saturated carbocycles. The molecule has 0 aromatic heterocycles. The summed E-state index contributed by atoms with van der Waals surface area (Å²) in [7, 11) is 0. The van der Waals surface area contributed by atoms with Crippen LogP contribution in [-0.2, 0) is 6.42 Å². The van der Waals surface area contributed by atoms with E-state index in [0.29, 0.717) is 6.42 Å². The van der Waals surface area contributed by atoms with Gasteiger partial charge >= 0.3 is 0 Å². The fraction of sp³-hybridized carbons (Fsp3) is 0.455. The second-order valence-corrected chi connectivity index (χ2v) is 4.86. The third kappa shape index (κ3) is 3.08. The average molecular weight is 258 g/mol. The molecular formula is C11H16BrNO. The van der Waals surface area contributed by atoms with E-state index in [9.17, 15) is 5.11 Å². The highest BCUT2D eigenvalue weighted by molar-refractivity contribution is 9.10. The van der Waals surface area contributed by atoms with Gasteiger partial charge in [-0.05, 0) is 37.1 Å². The molecule has 14 heavy (non-hydrogen) atoms. The van der Waals surface area contributed by atoms with Crippen LogP contribution in [0.5, 0.6) is 0 Å². The van der Waals surface area contributed by atoms with E-state index >= 15 is 0 Å². The van der Waals surface area contributed by atoms with E-state index in [-0.39, 0.29) is 6.54 Å². The van der Waals surface area contributed by atoms with Crippen molar-refractivity contribution in [3.8, 4) is 0 Å². The molecule has 0 aliphatic heterocycles. The zero-order valence-electron chi connectivity index (χ0n) is 8.55. The monoisotopic (exact) mass is 257 g/mol. The van der Waals surface area contributed by atoms with Crippen molar-refractivity contribution in [2.24, 2.45) is 5.73 Å². The summed E-state index contributed by atoms with van der Waals surface area (Å²) < 4.78 is 1.03. The van der Waals surface area contributed by atoms with E-state index in [1.165, 1.54) is 5.56 Å². The molecule has 0 heterocycles. The van der Waals surface area contributed by atoms with E-state index in [1.54, 1.807) is 6.92 Å². The minimum atomic E-state index is -0.814. The van der Waals surface area contributed by atoms with Gasteiger partial charge in [0, 0.05) is 17.4 Å². The summed E-state index contributed by atoms with van der Waals surface area (Å²) >= 11 is 3.41. The topological polar surface area (TPSA) is 46.2 Å². The molecule has 1 rings (SSSR count). The summed E-state index contributed by atoms with van der Waals surface area (Å²) in [5, 5.41) is 9.85. The first-order valence-electron chi connectivity index (χ1n) is 4.62. The van der Waals surface area contributed by atoms with Gasteiger partial charge < -0.3 is 10.8 Å². The molecule has 0 radical (unpaired) electrons. The molecule has 1 unspecified atom stereocenters. The zero-order valence-corrected chi connectivity index (χ0v) is 10.1. The number of hydrogen-bond donors (Lipinski definition) is 2. The van der Waals surface area contributed by atoms with E-state index in [0.717, 1.165) is 10.0 Å². The Labute approximate surface area is 93.3 Å². The lowest BCUT2D eigenvalue weighted by Crippen LogP contribution is -2.36. The highest BCUT2D eigenvalue weighted by atomic mass is 79.9. The molecule has 3 heteroatoms. The average Bonchev–Trinajstić information content (AvgIpc) is 2.11. The standard InChI is InChI=1S/C11H16BrNO/c1-8-3-4-10(12)5-9(8)6-11(2,14)7-13/h3-5,14H,6-7,13H2,1-2H3. The maximum Gasteiger partial charge on any atom is 0.0781 e. The Kier molecular flexibility index (Phi) is 3.70. The van der Waals surface area contributed by atoms with Gasteiger partial charge in [0.05, 0.1) is 5.60 Å². The Morgan fingerprint density at radius 1 is 1.50 bits per heavy atom. The van der Waals surface area contributed by atoms with Crippen LogP contribution in [-0.4, -0.2) is 17.3 Å². The van der Waals surface area contributed by atoms with Crippen LogP contribution in [0.15, 0.2) is 22.7 Å². The summed E-state index contributed by atoms with van der Waals surface area (Å²) in [6.07, 6.45) is 0.592. The van der Waals surface area contributed by atoms with Gasteiger partial charge in [-0.1, -0.05) is 22.0 Å². The number of halogens is 1. The lowest BCUT2D eigenvalue weighted by Gasteiger charge is -2.22. The summed E-state index contributed by atoms with van der Waals surface area (Å²) in [6, 6.07) is 6.06. The number of rotatable bonds is 3. The molecule has 1 atom stereocenters. The van der Waals surface area contributed by atoms with Crippen LogP contribution < -0.4 is 5.73 Å². The summed E-state index contributed by atoms with van der Waals surface area (Å²) in [4.78, 5) is 0. The minimum Gasteiger partial charge on any atom is -0.389 e. The van der Waals surface area contributed by atoms with Crippen molar-refractivity contribution in [2.45, 2.75) is 25.9 Å². The molecule has 0 aliphatic carbocycles. The second kappa shape index (κ2) is 4.43. The van der Waals surface area contributed by atoms with Crippen LogP contribution in [0.3, 0.4) is 0 Å². The third-order valence-electron chi connectivity index (χ3n) is 2.32. The Hall–Kier alpha value is -0.380. The predicted molar refractivity (Wildman–Crippen MR) is 62.3 cm³/mol. The van der Waals surface area contributed by atoms with Gasteiger partial charge in [0.1, 0.15) is 0 Å². The van der Waals surface area contributed by atoms with Crippen LogP contribution >= 0.6 is 15.9 Å². The van der Waals surface area contributed by atoms with Crippen molar-refractivity contribution in [1.82, 2.24) is 0 Å². The van der Waals surface area contributed by atoms with Gasteiger partial charge in [0.15, 0.2) is 0 Å². The number of aliphatic hydroxyl groups is 1. The number of aryl methyl sites for hydroxylation is 1. The van der Waals surface area contributed by atoms with Gasteiger partial charge in [0.2, 0.25) is 0 Å². The SMILES string of the molecule is Cc1ccc(Br)cc1CC(C)(O)CN. The van der Waals surface area contributed by atoms with Crippen molar-refractivity contribution >= 4 is 15.9 Å². The fourth-order valence-electron chi connectivity index (χ4n) is 1.31. The van der Waals surface area contributed by atoms with Crippen LogP contribution in [0, 0.1) is 6.92 Å². The highest BCUT2D eigenvalue weighted by Gasteiger charge is 2.19. The molecule has 0 saturated heterocycles. The van der Waals surface area contributed by atoms with Crippen LogP contribution in [0.4, 0.5) is 0 Å².